The molecule has 1 atom stereocenters. The van der Waals surface area contributed by atoms with Gasteiger partial charge in [-0.3, -0.25) is 9.59 Å². The lowest BCUT2D eigenvalue weighted by atomic mass is 10.1. The average Bonchev–Trinajstić information content (AvgIpc) is 2.96. The summed E-state index contributed by atoms with van der Waals surface area (Å²) in [5.41, 5.74) is 7.00. The Kier molecular flexibility index (Phi) is 4.65. The molecule has 0 aliphatic heterocycles. The van der Waals surface area contributed by atoms with E-state index in [1.807, 2.05) is 30.3 Å². The first-order chi connectivity index (χ1) is 12.1. The average molecular weight is 338 g/mol. The van der Waals surface area contributed by atoms with Crippen LogP contribution >= 0.6 is 0 Å². The number of aromatic nitrogens is 2. The normalized spacial score (nSPS) is 11.9. The van der Waals surface area contributed by atoms with Crippen LogP contribution in [0.5, 0.6) is 5.75 Å². The number of amides is 1. The molecule has 7 nitrogen and oxygen atoms in total. The summed E-state index contributed by atoms with van der Waals surface area (Å²) in [5, 5.41) is 7.35. The number of nitrogens with two attached hydrogens (primary N) is 1. The number of hydrogen-bond acceptors (Lipinski definition) is 5. The van der Waals surface area contributed by atoms with Crippen LogP contribution in [0.25, 0.3) is 10.9 Å². The Morgan fingerprint density at radius 3 is 2.80 bits per heavy atom. The van der Waals surface area contributed by atoms with Gasteiger partial charge in [0.05, 0.1) is 18.0 Å². The molecular weight excluding hydrogens is 320 g/mol. The second-order valence-electron chi connectivity index (χ2n) is 5.65. The molecule has 0 radical (unpaired) electrons. The molecule has 1 aromatic heterocycles. The minimum Gasteiger partial charge on any atom is -0.493 e. The Bertz CT molecular complexity index is 905. The van der Waals surface area contributed by atoms with Crippen molar-refractivity contribution in [2.45, 2.75) is 6.92 Å². The van der Waals surface area contributed by atoms with Crippen LogP contribution in [0, 0.1) is 5.92 Å². The van der Waals surface area contributed by atoms with Gasteiger partial charge in [0, 0.05) is 11.1 Å². The van der Waals surface area contributed by atoms with E-state index in [9.17, 15) is 9.59 Å². The number of nitrogen functional groups attached to an aromatic ring is 1. The van der Waals surface area contributed by atoms with Crippen molar-refractivity contribution < 1.29 is 14.3 Å². The van der Waals surface area contributed by atoms with Crippen molar-refractivity contribution in [3.8, 4) is 5.75 Å². The van der Waals surface area contributed by atoms with E-state index in [1.54, 1.807) is 25.1 Å². The fourth-order valence-electron chi connectivity index (χ4n) is 2.48. The second kappa shape index (κ2) is 7.04. The van der Waals surface area contributed by atoms with E-state index in [4.69, 9.17) is 10.5 Å². The molecule has 0 fully saturated rings. The highest BCUT2D eigenvalue weighted by molar-refractivity contribution is 5.99. The molecule has 0 saturated heterocycles. The van der Waals surface area contributed by atoms with Gasteiger partial charge in [-0.05, 0) is 30.3 Å². The van der Waals surface area contributed by atoms with Gasteiger partial charge in [-0.25, -0.2) is 0 Å². The quantitative estimate of drug-likeness (QED) is 0.673. The number of benzene rings is 2. The van der Waals surface area contributed by atoms with Crippen LogP contribution in [0.15, 0.2) is 48.5 Å². The SMILES string of the molecule is C[C@@H](COc1ccccc1)C(=O)n1nc(N)c2ccc(NC=O)cc21. The topological polar surface area (TPSA) is 99.2 Å². The van der Waals surface area contributed by atoms with Crippen molar-refractivity contribution in [1.29, 1.82) is 0 Å². The van der Waals surface area contributed by atoms with E-state index in [0.29, 0.717) is 28.7 Å². The summed E-state index contributed by atoms with van der Waals surface area (Å²) < 4.78 is 6.90. The van der Waals surface area contributed by atoms with Crippen molar-refractivity contribution in [3.05, 3.63) is 48.5 Å². The largest absolute Gasteiger partial charge is 0.493 e. The number of carbonyl (C=O) groups is 2. The number of anilines is 2. The van der Waals surface area contributed by atoms with Gasteiger partial charge in [0.2, 0.25) is 6.41 Å². The molecule has 3 rings (SSSR count). The van der Waals surface area contributed by atoms with Crippen LogP contribution in [-0.2, 0) is 4.79 Å². The first-order valence-corrected chi connectivity index (χ1v) is 7.80. The van der Waals surface area contributed by atoms with Crippen LogP contribution < -0.4 is 15.8 Å². The summed E-state index contributed by atoms with van der Waals surface area (Å²) >= 11 is 0. The number of hydrogen-bond donors (Lipinski definition) is 2. The van der Waals surface area contributed by atoms with Crippen LogP contribution in [0.3, 0.4) is 0 Å². The lowest BCUT2D eigenvalue weighted by Crippen LogP contribution is -2.25. The minimum absolute atomic E-state index is 0.219. The fraction of sp³-hybridized carbons (Fsp3) is 0.167. The van der Waals surface area contributed by atoms with Gasteiger partial charge in [0.1, 0.15) is 5.75 Å². The molecular formula is C18H18N4O3. The summed E-state index contributed by atoms with van der Waals surface area (Å²) in [7, 11) is 0. The summed E-state index contributed by atoms with van der Waals surface area (Å²) in [6, 6.07) is 14.4. The number of rotatable bonds is 6. The smallest absolute Gasteiger partial charge is 0.253 e. The summed E-state index contributed by atoms with van der Waals surface area (Å²) in [4.78, 5) is 23.4. The Balaban J connectivity index is 1.83. The second-order valence-corrected chi connectivity index (χ2v) is 5.65. The van der Waals surface area contributed by atoms with Gasteiger partial charge in [-0.2, -0.15) is 4.68 Å². The molecule has 0 aliphatic carbocycles. The van der Waals surface area contributed by atoms with E-state index in [0.717, 1.165) is 0 Å². The lowest BCUT2D eigenvalue weighted by Gasteiger charge is -2.12. The summed E-state index contributed by atoms with van der Waals surface area (Å²) in [6.07, 6.45) is 0.573. The number of nitrogens with zero attached hydrogens (tertiary/aromatic N) is 2. The third-order valence-corrected chi connectivity index (χ3v) is 3.81. The Labute approximate surface area is 144 Å². The molecule has 1 amide bonds. The number of ether oxygens (including phenoxy) is 1. The van der Waals surface area contributed by atoms with Crippen LogP contribution in [0.4, 0.5) is 11.5 Å². The molecule has 1 heterocycles. The number of fused-ring (bicyclic) bond motifs is 1. The highest BCUT2D eigenvalue weighted by atomic mass is 16.5. The van der Waals surface area contributed by atoms with Crippen LogP contribution in [-0.4, -0.2) is 28.7 Å². The molecule has 3 aromatic rings. The maximum absolute atomic E-state index is 12.7. The first-order valence-electron chi connectivity index (χ1n) is 7.80. The Morgan fingerprint density at radius 2 is 2.08 bits per heavy atom. The number of nitrogens with one attached hydrogen (secondary N) is 1. The van der Waals surface area contributed by atoms with Crippen molar-refractivity contribution in [2.24, 2.45) is 5.92 Å². The highest BCUT2D eigenvalue weighted by Gasteiger charge is 2.21. The van der Waals surface area contributed by atoms with Gasteiger partial charge >= 0.3 is 0 Å². The third-order valence-electron chi connectivity index (χ3n) is 3.81. The molecule has 25 heavy (non-hydrogen) atoms. The highest BCUT2D eigenvalue weighted by Crippen LogP contribution is 2.25. The first kappa shape index (κ1) is 16.5. The van der Waals surface area contributed by atoms with Gasteiger partial charge in [-0.1, -0.05) is 25.1 Å². The van der Waals surface area contributed by atoms with E-state index in [-0.39, 0.29) is 18.3 Å². The molecule has 2 aromatic carbocycles. The molecule has 0 bridgehead atoms. The fourth-order valence-corrected chi connectivity index (χ4v) is 2.48. The number of para-hydroxylation sites is 1. The van der Waals surface area contributed by atoms with E-state index < -0.39 is 5.92 Å². The zero-order valence-electron chi connectivity index (χ0n) is 13.7. The third kappa shape index (κ3) is 3.45. The Hall–Kier alpha value is -3.35. The summed E-state index contributed by atoms with van der Waals surface area (Å²) in [6.45, 7) is 1.99. The molecule has 3 N–H and O–H groups in total. The van der Waals surface area contributed by atoms with Crippen molar-refractivity contribution in [2.75, 3.05) is 17.7 Å². The standard InChI is InChI=1S/C18H18N4O3/c1-12(10-25-14-5-3-2-4-6-14)18(24)22-16-9-13(20-11-23)7-8-15(16)17(19)21-22/h2-9,11-12H,10H2,1H3,(H2,19,21)(H,20,23)/t12-/m0/s1. The van der Waals surface area contributed by atoms with Crippen molar-refractivity contribution in [1.82, 2.24) is 9.78 Å². The monoisotopic (exact) mass is 338 g/mol. The maximum Gasteiger partial charge on any atom is 0.253 e. The van der Waals surface area contributed by atoms with E-state index in [1.165, 1.54) is 4.68 Å². The van der Waals surface area contributed by atoms with Gasteiger partial charge in [0.15, 0.2) is 5.82 Å². The minimum atomic E-state index is -0.426. The molecule has 7 heteroatoms. The van der Waals surface area contributed by atoms with E-state index >= 15 is 0 Å². The van der Waals surface area contributed by atoms with Crippen LogP contribution in [0.1, 0.15) is 11.7 Å². The maximum atomic E-state index is 12.7. The number of carbonyl (C=O) groups excluding carboxylic acids is 2. The lowest BCUT2D eigenvalue weighted by molar-refractivity contribution is -0.105. The zero-order chi connectivity index (χ0) is 17.8. The van der Waals surface area contributed by atoms with Gasteiger partial charge in [-0.15, -0.1) is 5.10 Å². The molecule has 0 aliphatic rings. The van der Waals surface area contributed by atoms with Crippen molar-refractivity contribution >= 4 is 34.7 Å². The van der Waals surface area contributed by atoms with E-state index in [2.05, 4.69) is 10.4 Å². The van der Waals surface area contributed by atoms with Crippen LogP contribution in [0.2, 0.25) is 0 Å². The molecule has 128 valence electrons. The predicted molar refractivity (Wildman–Crippen MR) is 95.6 cm³/mol. The molecule has 0 unspecified atom stereocenters. The van der Waals surface area contributed by atoms with Gasteiger partial charge < -0.3 is 15.8 Å². The van der Waals surface area contributed by atoms with Gasteiger partial charge in [0.25, 0.3) is 5.91 Å². The Morgan fingerprint density at radius 1 is 1.32 bits per heavy atom. The zero-order valence-corrected chi connectivity index (χ0v) is 13.7. The summed E-state index contributed by atoms with van der Waals surface area (Å²) in [5.74, 6) is 0.299. The molecule has 0 spiro atoms. The predicted octanol–water partition coefficient (Wildman–Crippen LogP) is 2.54. The van der Waals surface area contributed by atoms with Crippen molar-refractivity contribution in [3.63, 3.8) is 0 Å². The molecule has 0 saturated carbocycles.